The molecule has 0 aliphatic heterocycles. The lowest BCUT2D eigenvalue weighted by molar-refractivity contribution is -0.119. The number of thiophene rings is 1. The van der Waals surface area contributed by atoms with Gasteiger partial charge in [0.25, 0.3) is 5.56 Å². The molecule has 0 unspecified atom stereocenters. The molecule has 0 saturated carbocycles. The number of furan rings is 1. The molecule has 1 aliphatic carbocycles. The molecule has 0 aromatic carbocycles. The van der Waals surface area contributed by atoms with Gasteiger partial charge < -0.3 is 9.73 Å². The highest BCUT2D eigenvalue weighted by atomic mass is 32.2. The molecule has 1 amide bonds. The van der Waals surface area contributed by atoms with Gasteiger partial charge in [-0.2, -0.15) is 0 Å². The van der Waals surface area contributed by atoms with Crippen molar-refractivity contribution in [3.05, 3.63) is 45.0 Å². The van der Waals surface area contributed by atoms with E-state index < -0.39 is 0 Å². The number of hydrogen-bond acceptors (Lipinski definition) is 6. The van der Waals surface area contributed by atoms with E-state index in [1.165, 1.54) is 22.2 Å². The van der Waals surface area contributed by atoms with E-state index in [0.29, 0.717) is 10.9 Å². The molecule has 3 heterocycles. The number of rotatable bonds is 5. The van der Waals surface area contributed by atoms with Crippen molar-refractivity contribution in [2.75, 3.05) is 5.75 Å². The largest absolute Gasteiger partial charge is 0.467 e. The van der Waals surface area contributed by atoms with E-state index >= 15 is 0 Å². The van der Waals surface area contributed by atoms with Crippen molar-refractivity contribution >= 4 is 39.2 Å². The van der Waals surface area contributed by atoms with Gasteiger partial charge in [-0.25, -0.2) is 4.98 Å². The topological polar surface area (TPSA) is 77.1 Å². The van der Waals surface area contributed by atoms with Crippen LogP contribution in [-0.2, 0) is 24.7 Å². The van der Waals surface area contributed by atoms with Crippen LogP contribution in [0.2, 0.25) is 0 Å². The fourth-order valence-electron chi connectivity index (χ4n) is 3.26. The minimum atomic E-state index is -0.197. The van der Waals surface area contributed by atoms with Gasteiger partial charge in [-0.15, -0.1) is 11.3 Å². The third-order valence-corrected chi connectivity index (χ3v) is 6.80. The molecule has 4 rings (SSSR count). The van der Waals surface area contributed by atoms with Gasteiger partial charge in [-0.3, -0.25) is 14.2 Å². The number of nitrogens with one attached hydrogen (secondary N) is 1. The number of aromatic nitrogens is 2. The van der Waals surface area contributed by atoms with Crippen LogP contribution in [-0.4, -0.2) is 21.2 Å². The normalized spacial score (nSPS) is 14.5. The van der Waals surface area contributed by atoms with Gasteiger partial charge in [0.2, 0.25) is 5.91 Å². The molecule has 0 spiro atoms. The Morgan fingerprint density at radius 1 is 1.50 bits per heavy atom. The number of fused-ring (bicyclic) bond motifs is 3. The van der Waals surface area contributed by atoms with Crippen LogP contribution in [0.5, 0.6) is 0 Å². The Balaban J connectivity index is 1.50. The van der Waals surface area contributed by atoms with Crippen molar-refractivity contribution < 1.29 is 9.21 Å². The lowest BCUT2D eigenvalue weighted by Crippen LogP contribution is -2.28. The van der Waals surface area contributed by atoms with Gasteiger partial charge >= 0.3 is 0 Å². The SMILES string of the molecule is C[C@@H](NC(=O)CSc1nc2sc3c(c2c(=O)n1C)CCC3)c1ccco1. The molecule has 8 heteroatoms. The van der Waals surface area contributed by atoms with Crippen LogP contribution in [0.15, 0.2) is 32.8 Å². The van der Waals surface area contributed by atoms with Crippen LogP contribution in [0.4, 0.5) is 0 Å². The van der Waals surface area contributed by atoms with E-state index in [2.05, 4.69) is 10.3 Å². The third kappa shape index (κ3) is 3.07. The average molecular weight is 390 g/mol. The maximum absolute atomic E-state index is 12.8. The molecule has 0 radical (unpaired) electrons. The van der Waals surface area contributed by atoms with Gasteiger partial charge in [-0.1, -0.05) is 11.8 Å². The van der Waals surface area contributed by atoms with Crippen LogP contribution >= 0.6 is 23.1 Å². The molecule has 3 aromatic heterocycles. The zero-order valence-electron chi connectivity index (χ0n) is 14.6. The van der Waals surface area contributed by atoms with Crippen LogP contribution < -0.4 is 10.9 Å². The average Bonchev–Trinajstić information content (AvgIpc) is 3.32. The molecule has 0 bridgehead atoms. The van der Waals surface area contributed by atoms with Crippen molar-refractivity contribution in [1.82, 2.24) is 14.9 Å². The minimum absolute atomic E-state index is 0.0127. The summed E-state index contributed by atoms with van der Waals surface area (Å²) in [5.41, 5.74) is 1.17. The highest BCUT2D eigenvalue weighted by Crippen LogP contribution is 2.35. The Hall–Kier alpha value is -2.06. The second-order valence-electron chi connectivity index (χ2n) is 6.39. The minimum Gasteiger partial charge on any atom is -0.467 e. The van der Waals surface area contributed by atoms with Gasteiger partial charge in [0.1, 0.15) is 10.6 Å². The van der Waals surface area contributed by atoms with E-state index in [4.69, 9.17) is 4.42 Å². The van der Waals surface area contributed by atoms with Crippen molar-refractivity contribution in [2.24, 2.45) is 7.05 Å². The maximum atomic E-state index is 12.8. The first-order valence-corrected chi connectivity index (χ1v) is 10.3. The predicted octanol–water partition coefficient (Wildman–Crippen LogP) is 3.05. The lowest BCUT2D eigenvalue weighted by Gasteiger charge is -2.12. The molecule has 1 atom stereocenters. The smallest absolute Gasteiger partial charge is 0.262 e. The summed E-state index contributed by atoms with van der Waals surface area (Å²) in [6.45, 7) is 1.87. The predicted molar refractivity (Wildman–Crippen MR) is 103 cm³/mol. The van der Waals surface area contributed by atoms with Crippen molar-refractivity contribution in [2.45, 2.75) is 37.4 Å². The Morgan fingerprint density at radius 2 is 2.35 bits per heavy atom. The number of hydrogen-bond donors (Lipinski definition) is 1. The maximum Gasteiger partial charge on any atom is 0.262 e. The van der Waals surface area contributed by atoms with Gasteiger partial charge in [-0.05, 0) is 43.9 Å². The van der Waals surface area contributed by atoms with Crippen molar-refractivity contribution in [1.29, 1.82) is 0 Å². The van der Waals surface area contributed by atoms with Gasteiger partial charge in [0.15, 0.2) is 5.16 Å². The Morgan fingerprint density at radius 3 is 3.12 bits per heavy atom. The number of carbonyl (C=O) groups excluding carboxylic acids is 1. The summed E-state index contributed by atoms with van der Waals surface area (Å²) in [6.07, 6.45) is 4.70. The first-order valence-electron chi connectivity index (χ1n) is 8.51. The van der Waals surface area contributed by atoms with Crippen molar-refractivity contribution in [3.8, 4) is 0 Å². The molecule has 1 aliphatic rings. The summed E-state index contributed by atoms with van der Waals surface area (Å²) >= 11 is 2.90. The molecule has 0 saturated heterocycles. The molecule has 3 aromatic rings. The number of thioether (sulfide) groups is 1. The van der Waals surface area contributed by atoms with Crippen molar-refractivity contribution in [3.63, 3.8) is 0 Å². The molecule has 6 nitrogen and oxygen atoms in total. The number of amides is 1. The van der Waals surface area contributed by atoms with Crippen LogP contribution in [0.1, 0.15) is 35.6 Å². The summed E-state index contributed by atoms with van der Waals surface area (Å²) in [5.74, 6) is 0.785. The second kappa shape index (κ2) is 6.92. The summed E-state index contributed by atoms with van der Waals surface area (Å²) in [4.78, 5) is 31.7. The zero-order chi connectivity index (χ0) is 18.3. The van der Waals surface area contributed by atoms with E-state index in [0.717, 1.165) is 29.5 Å². The fraction of sp³-hybridized carbons (Fsp3) is 0.389. The van der Waals surface area contributed by atoms with E-state index in [9.17, 15) is 9.59 Å². The highest BCUT2D eigenvalue weighted by molar-refractivity contribution is 7.99. The number of aryl methyl sites for hydroxylation is 2. The molecular weight excluding hydrogens is 370 g/mol. The van der Waals surface area contributed by atoms with Crippen LogP contribution in [0.3, 0.4) is 0 Å². The summed E-state index contributed by atoms with van der Waals surface area (Å²) in [6, 6.07) is 3.42. The molecule has 26 heavy (non-hydrogen) atoms. The Labute approximate surface area is 158 Å². The quantitative estimate of drug-likeness (QED) is 0.536. The summed E-state index contributed by atoms with van der Waals surface area (Å²) in [7, 11) is 1.72. The van der Waals surface area contributed by atoms with E-state index in [1.807, 2.05) is 13.0 Å². The zero-order valence-corrected chi connectivity index (χ0v) is 16.2. The van der Waals surface area contributed by atoms with Gasteiger partial charge in [0, 0.05) is 11.9 Å². The third-order valence-electron chi connectivity index (χ3n) is 4.59. The standard InChI is InChI=1S/C18H19N3O3S2/c1-10(12-6-4-8-24-12)19-14(22)9-25-18-20-16-15(17(23)21(18)2)11-5-3-7-13(11)26-16/h4,6,8,10H,3,5,7,9H2,1-2H3,(H,19,22)/t10-/m1/s1. The molecule has 136 valence electrons. The lowest BCUT2D eigenvalue weighted by atomic mass is 10.2. The monoisotopic (exact) mass is 389 g/mol. The number of carbonyl (C=O) groups is 1. The van der Waals surface area contributed by atoms with Gasteiger partial charge in [0.05, 0.1) is 23.4 Å². The molecule has 0 fully saturated rings. The fourth-order valence-corrected chi connectivity index (χ4v) is 5.34. The van der Waals surface area contributed by atoms with E-state index in [-0.39, 0.29) is 23.3 Å². The van der Waals surface area contributed by atoms with Crippen LogP contribution in [0.25, 0.3) is 10.2 Å². The Bertz CT molecular complexity index is 1020. The molecule has 1 N–H and O–H groups in total. The van der Waals surface area contributed by atoms with E-state index in [1.54, 1.807) is 35.3 Å². The summed E-state index contributed by atoms with van der Waals surface area (Å²) in [5, 5.41) is 4.23. The first-order chi connectivity index (χ1) is 12.5. The van der Waals surface area contributed by atoms with Crippen LogP contribution in [0, 0.1) is 0 Å². The first kappa shape index (κ1) is 17.4. The second-order valence-corrected chi connectivity index (χ2v) is 8.42. The summed E-state index contributed by atoms with van der Waals surface area (Å²) < 4.78 is 6.85. The number of nitrogens with zero attached hydrogens (tertiary/aromatic N) is 2. The Kier molecular flexibility index (Phi) is 4.62. The molecular formula is C18H19N3O3S2. The highest BCUT2D eigenvalue weighted by Gasteiger charge is 2.22.